The molecule has 0 saturated carbocycles. The highest BCUT2D eigenvalue weighted by Crippen LogP contribution is 2.46. The Balaban J connectivity index is 1.34. The Morgan fingerprint density at radius 3 is 1.41 bits per heavy atom. The van der Waals surface area contributed by atoms with E-state index < -0.39 is 0 Å². The van der Waals surface area contributed by atoms with Gasteiger partial charge in [0.15, 0.2) is 0 Å². The van der Waals surface area contributed by atoms with Crippen molar-refractivity contribution >= 4 is 5.69 Å². The fourth-order valence-corrected chi connectivity index (χ4v) is 5.66. The summed E-state index contributed by atoms with van der Waals surface area (Å²) in [6, 6.07) is 8.87. The summed E-state index contributed by atoms with van der Waals surface area (Å²) in [6.45, 7) is 12.5. The molecular formula is C33H57N. The van der Waals surface area contributed by atoms with Gasteiger partial charge >= 0.3 is 0 Å². The Bertz CT molecular complexity index is 658. The van der Waals surface area contributed by atoms with Crippen LogP contribution in [-0.2, 0) is 5.41 Å². The van der Waals surface area contributed by atoms with Crippen molar-refractivity contribution in [3.05, 3.63) is 42.1 Å². The molecule has 0 aromatic heterocycles. The highest BCUT2D eigenvalue weighted by Gasteiger charge is 2.38. The van der Waals surface area contributed by atoms with Crippen molar-refractivity contribution in [2.45, 2.75) is 155 Å². The number of hydrogen-bond donors (Lipinski definition) is 0. The lowest BCUT2D eigenvalue weighted by molar-refractivity contribution is 0.521. The lowest BCUT2D eigenvalue weighted by atomic mass is 9.84. The molecule has 0 unspecified atom stereocenters. The van der Waals surface area contributed by atoms with Crippen LogP contribution in [0.5, 0.6) is 0 Å². The van der Waals surface area contributed by atoms with Crippen molar-refractivity contribution < 1.29 is 0 Å². The first kappa shape index (κ1) is 29.0. The summed E-state index contributed by atoms with van der Waals surface area (Å²) >= 11 is 0. The van der Waals surface area contributed by atoms with Crippen molar-refractivity contribution in [3.8, 4) is 0 Å². The van der Waals surface area contributed by atoms with Gasteiger partial charge in [0.1, 0.15) is 0 Å². The average molecular weight is 468 g/mol. The number of rotatable bonds is 21. The summed E-state index contributed by atoms with van der Waals surface area (Å²) in [5.74, 6) is 0. The van der Waals surface area contributed by atoms with E-state index in [4.69, 9.17) is 0 Å². The van der Waals surface area contributed by atoms with Gasteiger partial charge in [0.25, 0.3) is 0 Å². The lowest BCUT2D eigenvalue weighted by Crippen LogP contribution is -2.26. The molecule has 34 heavy (non-hydrogen) atoms. The summed E-state index contributed by atoms with van der Waals surface area (Å²) in [5.41, 5.74) is 4.17. The molecule has 1 heterocycles. The number of fused-ring (bicyclic) bond motifs is 1. The fourth-order valence-electron chi connectivity index (χ4n) is 5.66. The first-order valence-corrected chi connectivity index (χ1v) is 15.2. The predicted octanol–water partition coefficient (Wildman–Crippen LogP) is 11.1. The van der Waals surface area contributed by atoms with Crippen LogP contribution in [0.2, 0.25) is 0 Å². The maximum Gasteiger partial charge on any atom is 0.0450 e. The quantitative estimate of drug-likeness (QED) is 0.162. The van der Waals surface area contributed by atoms with E-state index in [1.165, 1.54) is 145 Å². The molecule has 194 valence electrons. The Morgan fingerprint density at radius 1 is 0.588 bits per heavy atom. The van der Waals surface area contributed by atoms with E-state index in [1.54, 1.807) is 0 Å². The molecule has 0 N–H and O–H groups in total. The molecule has 0 atom stereocenters. The zero-order valence-corrected chi connectivity index (χ0v) is 23.3. The molecular weight excluding hydrogens is 410 g/mol. The van der Waals surface area contributed by atoms with Gasteiger partial charge in [-0.2, -0.15) is 0 Å². The second kappa shape index (κ2) is 17.2. The van der Waals surface area contributed by atoms with Gasteiger partial charge in [-0.3, -0.25) is 0 Å². The molecule has 0 aliphatic carbocycles. The van der Waals surface area contributed by atoms with Crippen LogP contribution in [0.1, 0.15) is 155 Å². The molecule has 0 spiro atoms. The molecule has 0 saturated heterocycles. The zero-order valence-electron chi connectivity index (χ0n) is 23.3. The SMILES string of the molecule is C=C1N(CCCCCCCCCCCCCCCCCCCCCC)c2ccccc2C1(C)C. The standard InChI is InChI=1S/C33H57N/c1-5-6-7-8-9-10-11-12-13-14-15-16-17-18-19-20-21-22-23-26-29-34-30(2)33(3,4)31-27-24-25-28-32(31)34/h24-25,27-28H,2,5-23,26,29H2,1,3-4H3. The first-order valence-electron chi connectivity index (χ1n) is 15.2. The van der Waals surface area contributed by atoms with E-state index in [0.29, 0.717) is 0 Å². The third kappa shape index (κ3) is 10.2. The van der Waals surface area contributed by atoms with Gasteiger partial charge < -0.3 is 4.90 Å². The van der Waals surface area contributed by atoms with Gasteiger partial charge in [0, 0.05) is 23.3 Å². The van der Waals surface area contributed by atoms with Crippen LogP contribution in [0.4, 0.5) is 5.69 Å². The maximum atomic E-state index is 4.43. The van der Waals surface area contributed by atoms with Crippen LogP contribution >= 0.6 is 0 Å². The third-order valence-electron chi connectivity index (χ3n) is 8.15. The van der Waals surface area contributed by atoms with Crippen molar-refractivity contribution in [3.63, 3.8) is 0 Å². The van der Waals surface area contributed by atoms with E-state index in [9.17, 15) is 0 Å². The van der Waals surface area contributed by atoms with Crippen LogP contribution in [0.25, 0.3) is 0 Å². The molecule has 0 bridgehead atoms. The molecule has 1 nitrogen and oxygen atoms in total. The number of benzene rings is 1. The largest absolute Gasteiger partial charge is 0.345 e. The number of anilines is 1. The van der Waals surface area contributed by atoms with Gasteiger partial charge in [0.2, 0.25) is 0 Å². The Morgan fingerprint density at radius 2 is 0.971 bits per heavy atom. The van der Waals surface area contributed by atoms with Crippen LogP contribution < -0.4 is 4.90 Å². The number of unbranched alkanes of at least 4 members (excludes halogenated alkanes) is 19. The third-order valence-corrected chi connectivity index (χ3v) is 8.15. The van der Waals surface area contributed by atoms with Gasteiger partial charge in [-0.15, -0.1) is 0 Å². The van der Waals surface area contributed by atoms with Gasteiger partial charge in [-0.05, 0) is 18.1 Å². The predicted molar refractivity (Wildman–Crippen MR) is 154 cm³/mol. The minimum atomic E-state index is 0.0736. The zero-order chi connectivity index (χ0) is 24.5. The fraction of sp³-hybridized carbons (Fsp3) is 0.758. The minimum Gasteiger partial charge on any atom is -0.345 e. The number of nitrogens with zero attached hydrogens (tertiary/aromatic N) is 1. The molecule has 1 aliphatic heterocycles. The van der Waals surface area contributed by atoms with E-state index in [0.717, 1.165) is 6.54 Å². The van der Waals surface area contributed by atoms with E-state index in [2.05, 4.69) is 56.5 Å². The van der Waals surface area contributed by atoms with Gasteiger partial charge in [0.05, 0.1) is 0 Å². The normalized spacial score (nSPS) is 14.7. The summed E-state index contributed by atoms with van der Waals surface area (Å²) in [7, 11) is 0. The van der Waals surface area contributed by atoms with Crippen molar-refractivity contribution in [2.75, 3.05) is 11.4 Å². The van der Waals surface area contributed by atoms with Crippen molar-refractivity contribution in [1.29, 1.82) is 0 Å². The maximum absolute atomic E-state index is 4.43. The summed E-state index contributed by atoms with van der Waals surface area (Å²) in [5, 5.41) is 0. The number of hydrogen-bond acceptors (Lipinski definition) is 1. The monoisotopic (exact) mass is 467 g/mol. The summed E-state index contributed by atoms with van der Waals surface area (Å²) < 4.78 is 0. The van der Waals surface area contributed by atoms with Crippen LogP contribution in [0.15, 0.2) is 36.5 Å². The highest BCUT2D eigenvalue weighted by molar-refractivity contribution is 5.69. The summed E-state index contributed by atoms with van der Waals surface area (Å²) in [6.07, 6.45) is 28.8. The molecule has 2 rings (SSSR count). The lowest BCUT2D eigenvalue weighted by Gasteiger charge is -2.25. The average Bonchev–Trinajstić information content (AvgIpc) is 3.03. The van der Waals surface area contributed by atoms with Crippen LogP contribution in [0.3, 0.4) is 0 Å². The second-order valence-electron chi connectivity index (χ2n) is 11.5. The first-order chi connectivity index (χ1) is 16.6. The Kier molecular flexibility index (Phi) is 14.7. The van der Waals surface area contributed by atoms with Gasteiger partial charge in [-0.1, -0.05) is 168 Å². The smallest absolute Gasteiger partial charge is 0.0450 e. The molecule has 1 aromatic carbocycles. The molecule has 0 radical (unpaired) electrons. The van der Waals surface area contributed by atoms with Crippen LogP contribution in [-0.4, -0.2) is 6.54 Å². The number of para-hydroxylation sites is 1. The molecule has 1 aliphatic rings. The number of allylic oxidation sites excluding steroid dienone is 1. The molecule has 0 fully saturated rings. The Hall–Kier alpha value is -1.24. The topological polar surface area (TPSA) is 3.24 Å². The highest BCUT2D eigenvalue weighted by atomic mass is 15.2. The van der Waals surface area contributed by atoms with E-state index >= 15 is 0 Å². The molecule has 0 amide bonds. The molecule has 1 heteroatoms. The van der Waals surface area contributed by atoms with E-state index in [-0.39, 0.29) is 5.41 Å². The minimum absolute atomic E-state index is 0.0736. The van der Waals surface area contributed by atoms with Gasteiger partial charge in [-0.25, -0.2) is 0 Å². The molecule has 1 aromatic rings. The Labute approximate surface area is 213 Å². The second-order valence-corrected chi connectivity index (χ2v) is 11.5. The summed E-state index contributed by atoms with van der Waals surface area (Å²) in [4.78, 5) is 2.48. The van der Waals surface area contributed by atoms with E-state index in [1.807, 2.05) is 0 Å². The van der Waals surface area contributed by atoms with Crippen molar-refractivity contribution in [1.82, 2.24) is 0 Å². The van der Waals surface area contributed by atoms with Crippen LogP contribution in [0, 0.1) is 0 Å². The van der Waals surface area contributed by atoms with Crippen molar-refractivity contribution in [2.24, 2.45) is 0 Å².